The molecule has 0 amide bonds. The van der Waals surface area contributed by atoms with Crippen LogP contribution >= 0.6 is 15.9 Å². The van der Waals surface area contributed by atoms with E-state index in [1.54, 1.807) is 22.5 Å². The molecule has 1 unspecified atom stereocenters. The number of hydrogen-bond donors (Lipinski definition) is 1. The number of hydrogen-bond acceptors (Lipinski definition) is 3. The first-order valence-electron chi connectivity index (χ1n) is 7.03. The van der Waals surface area contributed by atoms with Crippen molar-refractivity contribution >= 4 is 26.0 Å². The van der Waals surface area contributed by atoms with E-state index in [1.165, 1.54) is 12.8 Å². The van der Waals surface area contributed by atoms with Crippen molar-refractivity contribution in [2.75, 3.05) is 19.6 Å². The van der Waals surface area contributed by atoms with E-state index in [0.717, 1.165) is 17.4 Å². The maximum Gasteiger partial charge on any atom is 0.243 e. The van der Waals surface area contributed by atoms with Crippen molar-refractivity contribution in [3.63, 3.8) is 0 Å². The highest BCUT2D eigenvalue weighted by atomic mass is 79.9. The molecule has 4 nitrogen and oxygen atoms in total. The summed E-state index contributed by atoms with van der Waals surface area (Å²) in [6, 6.07) is 7.16. The second-order valence-electron chi connectivity index (χ2n) is 5.06. The van der Waals surface area contributed by atoms with Gasteiger partial charge in [0.1, 0.15) is 0 Å². The number of nitrogens with zero attached hydrogens (tertiary/aromatic N) is 1. The number of rotatable bonds is 5. The first-order chi connectivity index (χ1) is 9.54. The normalized spacial score (nSPS) is 20.2. The van der Waals surface area contributed by atoms with Gasteiger partial charge in [-0.05, 0) is 37.6 Å². The molecule has 6 heteroatoms. The largest absolute Gasteiger partial charge is 0.313 e. The van der Waals surface area contributed by atoms with Crippen molar-refractivity contribution < 1.29 is 8.42 Å². The Balaban J connectivity index is 2.16. The summed E-state index contributed by atoms with van der Waals surface area (Å²) in [4.78, 5) is 0.351. The minimum absolute atomic E-state index is 0.269. The van der Waals surface area contributed by atoms with E-state index < -0.39 is 10.0 Å². The summed E-state index contributed by atoms with van der Waals surface area (Å²) in [7, 11) is -3.41. The van der Waals surface area contributed by atoms with Crippen LogP contribution in [0.3, 0.4) is 0 Å². The second kappa shape index (κ2) is 7.02. The van der Waals surface area contributed by atoms with Gasteiger partial charge >= 0.3 is 0 Å². The SMILES string of the molecule is CCN(CC1CCCCN1)S(=O)(=O)c1cccc(Br)c1. The fourth-order valence-corrected chi connectivity index (χ4v) is 4.59. The van der Waals surface area contributed by atoms with Gasteiger partial charge in [0, 0.05) is 23.6 Å². The highest BCUT2D eigenvalue weighted by Crippen LogP contribution is 2.21. The predicted molar refractivity (Wildman–Crippen MR) is 84.2 cm³/mol. The van der Waals surface area contributed by atoms with E-state index in [1.807, 2.05) is 13.0 Å². The van der Waals surface area contributed by atoms with Gasteiger partial charge in [0.25, 0.3) is 0 Å². The molecule has 1 N–H and O–H groups in total. The monoisotopic (exact) mass is 360 g/mol. The zero-order valence-electron chi connectivity index (χ0n) is 11.7. The molecule has 1 aromatic rings. The highest BCUT2D eigenvalue weighted by molar-refractivity contribution is 9.10. The average molecular weight is 361 g/mol. The van der Waals surface area contributed by atoms with Crippen LogP contribution in [0, 0.1) is 0 Å². The van der Waals surface area contributed by atoms with Gasteiger partial charge in [0.15, 0.2) is 0 Å². The molecule has 1 aromatic carbocycles. The Morgan fingerprint density at radius 2 is 2.20 bits per heavy atom. The van der Waals surface area contributed by atoms with Gasteiger partial charge in [-0.15, -0.1) is 0 Å². The first-order valence-corrected chi connectivity index (χ1v) is 9.26. The van der Waals surface area contributed by atoms with Crippen molar-refractivity contribution in [1.29, 1.82) is 0 Å². The average Bonchev–Trinajstić information content (AvgIpc) is 2.45. The Kier molecular flexibility index (Phi) is 5.60. The third-order valence-corrected chi connectivity index (χ3v) is 6.05. The smallest absolute Gasteiger partial charge is 0.243 e. The van der Waals surface area contributed by atoms with E-state index in [4.69, 9.17) is 0 Å². The predicted octanol–water partition coefficient (Wildman–Crippen LogP) is 2.60. The second-order valence-corrected chi connectivity index (χ2v) is 7.91. The van der Waals surface area contributed by atoms with Crippen LogP contribution in [-0.2, 0) is 10.0 Å². The Morgan fingerprint density at radius 1 is 1.40 bits per heavy atom. The van der Waals surface area contributed by atoms with Gasteiger partial charge in [0.05, 0.1) is 4.90 Å². The summed E-state index contributed by atoms with van der Waals surface area (Å²) in [6.07, 6.45) is 3.40. The van der Waals surface area contributed by atoms with Crippen molar-refractivity contribution in [3.8, 4) is 0 Å². The van der Waals surface area contributed by atoms with Crippen molar-refractivity contribution in [3.05, 3.63) is 28.7 Å². The molecule has 112 valence electrons. The molecule has 1 heterocycles. The van der Waals surface area contributed by atoms with Crippen LogP contribution in [-0.4, -0.2) is 38.4 Å². The molecule has 0 bridgehead atoms. The number of halogens is 1. The minimum Gasteiger partial charge on any atom is -0.313 e. The van der Waals surface area contributed by atoms with Gasteiger partial charge in [-0.1, -0.05) is 35.3 Å². The lowest BCUT2D eigenvalue weighted by Crippen LogP contribution is -2.45. The molecule has 0 aromatic heterocycles. The maximum atomic E-state index is 12.7. The number of likely N-dealkylation sites (N-methyl/N-ethyl adjacent to an activating group) is 1. The molecule has 1 aliphatic heterocycles. The Morgan fingerprint density at radius 3 is 2.80 bits per heavy atom. The fraction of sp³-hybridized carbons (Fsp3) is 0.571. The molecule has 0 saturated carbocycles. The van der Waals surface area contributed by atoms with Crippen LogP contribution < -0.4 is 5.32 Å². The van der Waals surface area contributed by atoms with Gasteiger partial charge in [-0.25, -0.2) is 8.42 Å². The standard InChI is InChI=1S/C14H21BrN2O2S/c1-2-17(11-13-7-3-4-9-16-13)20(18,19)14-8-5-6-12(15)10-14/h5-6,8,10,13,16H,2-4,7,9,11H2,1H3. The molecule has 1 atom stereocenters. The molecule has 1 aliphatic rings. The van der Waals surface area contributed by atoms with Crippen molar-refractivity contribution in [2.45, 2.75) is 37.1 Å². The molecule has 0 spiro atoms. The molecule has 2 rings (SSSR count). The van der Waals surface area contributed by atoms with Gasteiger partial charge in [0.2, 0.25) is 10.0 Å². The maximum absolute atomic E-state index is 12.7. The molecular formula is C14H21BrN2O2S. The van der Waals surface area contributed by atoms with E-state index >= 15 is 0 Å². The molecule has 0 aliphatic carbocycles. The molecule has 1 saturated heterocycles. The van der Waals surface area contributed by atoms with E-state index in [2.05, 4.69) is 21.2 Å². The topological polar surface area (TPSA) is 49.4 Å². The zero-order chi connectivity index (χ0) is 14.6. The molecule has 1 fully saturated rings. The zero-order valence-corrected chi connectivity index (χ0v) is 14.1. The van der Waals surface area contributed by atoms with Crippen molar-refractivity contribution in [2.24, 2.45) is 0 Å². The Labute approximate surface area is 129 Å². The van der Waals surface area contributed by atoms with Crippen LogP contribution in [0.25, 0.3) is 0 Å². The quantitative estimate of drug-likeness (QED) is 0.877. The van der Waals surface area contributed by atoms with E-state index in [-0.39, 0.29) is 6.04 Å². The number of nitrogens with one attached hydrogen (secondary N) is 1. The lowest BCUT2D eigenvalue weighted by molar-refractivity contribution is 0.319. The third-order valence-electron chi connectivity index (χ3n) is 3.62. The van der Waals surface area contributed by atoms with Crippen LogP contribution in [0.1, 0.15) is 26.2 Å². The molecule has 0 radical (unpaired) electrons. The van der Waals surface area contributed by atoms with Gasteiger partial charge < -0.3 is 5.32 Å². The summed E-state index contributed by atoms with van der Waals surface area (Å²) >= 11 is 3.33. The fourth-order valence-electron chi connectivity index (χ4n) is 2.50. The lowest BCUT2D eigenvalue weighted by Gasteiger charge is -2.29. The highest BCUT2D eigenvalue weighted by Gasteiger charge is 2.26. The lowest BCUT2D eigenvalue weighted by atomic mass is 10.1. The summed E-state index contributed by atoms with van der Waals surface area (Å²) in [5.41, 5.74) is 0. The van der Waals surface area contributed by atoms with Gasteiger partial charge in [-0.3, -0.25) is 0 Å². The Bertz CT molecular complexity index is 542. The van der Waals surface area contributed by atoms with Crippen LogP contribution in [0.5, 0.6) is 0 Å². The van der Waals surface area contributed by atoms with E-state index in [9.17, 15) is 8.42 Å². The summed E-state index contributed by atoms with van der Waals surface area (Å²) in [5.74, 6) is 0. The van der Waals surface area contributed by atoms with Gasteiger partial charge in [-0.2, -0.15) is 4.31 Å². The van der Waals surface area contributed by atoms with Crippen LogP contribution in [0.15, 0.2) is 33.6 Å². The number of benzene rings is 1. The minimum atomic E-state index is -3.41. The third kappa shape index (κ3) is 3.81. The first kappa shape index (κ1) is 15.9. The number of piperidine rings is 1. The summed E-state index contributed by atoms with van der Waals surface area (Å²) in [5, 5.41) is 3.40. The molecular weight excluding hydrogens is 340 g/mol. The Hall–Kier alpha value is -0.430. The number of sulfonamides is 1. The van der Waals surface area contributed by atoms with Crippen molar-refractivity contribution in [1.82, 2.24) is 9.62 Å². The van der Waals surface area contributed by atoms with Crippen LogP contribution in [0.4, 0.5) is 0 Å². The van der Waals surface area contributed by atoms with E-state index in [0.29, 0.717) is 18.0 Å². The van der Waals surface area contributed by atoms with Crippen LogP contribution in [0.2, 0.25) is 0 Å². The summed E-state index contributed by atoms with van der Waals surface area (Å²) in [6.45, 7) is 3.91. The summed E-state index contributed by atoms with van der Waals surface area (Å²) < 4.78 is 27.7. The molecule has 20 heavy (non-hydrogen) atoms.